The smallest absolute Gasteiger partial charge is 0.261 e. The molecule has 2 N–H and O–H groups in total. The Morgan fingerprint density at radius 1 is 1.50 bits per heavy atom. The van der Waals surface area contributed by atoms with Gasteiger partial charge in [0.05, 0.1) is 17.0 Å². The first kappa shape index (κ1) is 11.4. The Bertz CT molecular complexity index is 577. The van der Waals surface area contributed by atoms with Gasteiger partial charge in [0.25, 0.3) is 5.91 Å². The van der Waals surface area contributed by atoms with Crippen molar-refractivity contribution in [1.82, 2.24) is 15.2 Å². The number of rotatable bonds is 3. The monoisotopic (exact) mass is 262 g/mol. The second-order valence-corrected chi connectivity index (χ2v) is 5.47. The molecule has 0 aliphatic heterocycles. The van der Waals surface area contributed by atoms with Gasteiger partial charge >= 0.3 is 0 Å². The second kappa shape index (κ2) is 4.20. The molecule has 1 amide bonds. The molecule has 0 saturated heterocycles. The van der Waals surface area contributed by atoms with Crippen LogP contribution < -0.4 is 5.32 Å². The van der Waals surface area contributed by atoms with E-state index in [1.807, 2.05) is 19.2 Å². The minimum atomic E-state index is -0.143. The van der Waals surface area contributed by atoms with Crippen molar-refractivity contribution in [2.45, 2.75) is 32.6 Å². The van der Waals surface area contributed by atoms with Gasteiger partial charge in [0.1, 0.15) is 0 Å². The summed E-state index contributed by atoms with van der Waals surface area (Å²) in [5, 5.41) is 12.4. The second-order valence-electron chi connectivity index (χ2n) is 4.61. The average molecular weight is 262 g/mol. The van der Waals surface area contributed by atoms with Gasteiger partial charge in [-0.25, -0.2) is 4.98 Å². The van der Waals surface area contributed by atoms with Crippen molar-refractivity contribution in [2.75, 3.05) is 5.32 Å². The van der Waals surface area contributed by atoms with Crippen LogP contribution in [0.2, 0.25) is 0 Å². The van der Waals surface area contributed by atoms with Gasteiger partial charge in [-0.05, 0) is 26.7 Å². The molecule has 3 rings (SSSR count). The lowest BCUT2D eigenvalue weighted by Gasteiger charge is -2.01. The van der Waals surface area contributed by atoms with E-state index in [1.165, 1.54) is 24.2 Å². The number of aromatic amines is 1. The topological polar surface area (TPSA) is 70.7 Å². The van der Waals surface area contributed by atoms with Gasteiger partial charge in [-0.2, -0.15) is 5.10 Å². The predicted octanol–water partition coefficient (Wildman–Crippen LogP) is 2.61. The van der Waals surface area contributed by atoms with Crippen LogP contribution in [0.15, 0.2) is 5.38 Å². The van der Waals surface area contributed by atoms with Crippen molar-refractivity contribution in [3.63, 3.8) is 0 Å². The van der Waals surface area contributed by atoms with Gasteiger partial charge in [-0.15, -0.1) is 11.3 Å². The van der Waals surface area contributed by atoms with E-state index in [0.29, 0.717) is 22.3 Å². The van der Waals surface area contributed by atoms with E-state index in [9.17, 15) is 4.79 Å². The summed E-state index contributed by atoms with van der Waals surface area (Å²) in [6, 6.07) is 0. The zero-order valence-electron chi connectivity index (χ0n) is 10.3. The molecular formula is C12H14N4OS. The van der Waals surface area contributed by atoms with Crippen molar-refractivity contribution < 1.29 is 4.79 Å². The molecule has 1 aliphatic carbocycles. The molecule has 1 fully saturated rings. The van der Waals surface area contributed by atoms with Crippen LogP contribution in [0.4, 0.5) is 5.13 Å². The van der Waals surface area contributed by atoms with Crippen LogP contribution in [-0.2, 0) is 0 Å². The summed E-state index contributed by atoms with van der Waals surface area (Å²) in [5.74, 6) is 0.472. The van der Waals surface area contributed by atoms with Gasteiger partial charge in [0, 0.05) is 17.0 Å². The Hall–Kier alpha value is -1.69. The first-order valence-electron chi connectivity index (χ1n) is 5.93. The van der Waals surface area contributed by atoms with E-state index >= 15 is 0 Å². The molecule has 0 spiro atoms. The third-order valence-electron chi connectivity index (χ3n) is 3.09. The number of nitrogens with zero attached hydrogens (tertiary/aromatic N) is 2. The van der Waals surface area contributed by atoms with Crippen LogP contribution in [0, 0.1) is 13.8 Å². The van der Waals surface area contributed by atoms with Crippen LogP contribution in [0.1, 0.15) is 46.2 Å². The quantitative estimate of drug-likeness (QED) is 0.893. The Kier molecular flexibility index (Phi) is 2.66. The summed E-state index contributed by atoms with van der Waals surface area (Å²) >= 11 is 1.48. The largest absolute Gasteiger partial charge is 0.298 e. The fourth-order valence-corrected chi connectivity index (χ4v) is 2.74. The molecule has 2 aromatic heterocycles. The van der Waals surface area contributed by atoms with E-state index in [-0.39, 0.29) is 5.91 Å². The number of carbonyl (C=O) groups is 1. The molecule has 0 unspecified atom stereocenters. The number of nitrogens with one attached hydrogen (secondary N) is 2. The van der Waals surface area contributed by atoms with E-state index in [4.69, 9.17) is 0 Å². The van der Waals surface area contributed by atoms with Crippen molar-refractivity contribution in [3.05, 3.63) is 28.0 Å². The minimum absolute atomic E-state index is 0.143. The van der Waals surface area contributed by atoms with Crippen LogP contribution in [0.25, 0.3) is 0 Å². The predicted molar refractivity (Wildman–Crippen MR) is 70.1 cm³/mol. The third-order valence-corrected chi connectivity index (χ3v) is 3.87. The maximum absolute atomic E-state index is 12.1. The molecular weight excluding hydrogens is 248 g/mol. The van der Waals surface area contributed by atoms with E-state index in [1.54, 1.807) is 0 Å². The first-order chi connectivity index (χ1) is 8.65. The first-order valence-corrected chi connectivity index (χ1v) is 6.81. The number of hydrogen-bond donors (Lipinski definition) is 2. The molecule has 6 heteroatoms. The standard InChI is InChI=1S/C12H14N4OS/c1-6-10(7(2)16-15-6)11(17)14-12-13-9(5-18-12)8-3-4-8/h5,8H,3-4H2,1-2H3,(H,15,16)(H,13,14,17). The number of aryl methyl sites for hydroxylation is 2. The molecule has 94 valence electrons. The third kappa shape index (κ3) is 2.03. The molecule has 0 atom stereocenters. The SMILES string of the molecule is Cc1n[nH]c(C)c1C(=O)Nc1nc(C2CC2)cs1. The molecule has 2 aromatic rings. The Balaban J connectivity index is 1.77. The molecule has 0 bridgehead atoms. The van der Waals surface area contributed by atoms with E-state index in [2.05, 4.69) is 20.5 Å². The van der Waals surface area contributed by atoms with Crippen molar-refractivity contribution >= 4 is 22.4 Å². The van der Waals surface area contributed by atoms with Gasteiger partial charge < -0.3 is 0 Å². The van der Waals surface area contributed by atoms with Crippen LogP contribution in [0.3, 0.4) is 0 Å². The molecule has 5 nitrogen and oxygen atoms in total. The average Bonchev–Trinajstić information content (AvgIpc) is 2.99. The fourth-order valence-electron chi connectivity index (χ4n) is 1.96. The van der Waals surface area contributed by atoms with Gasteiger partial charge in [-0.3, -0.25) is 15.2 Å². The summed E-state index contributed by atoms with van der Waals surface area (Å²) in [6.07, 6.45) is 2.44. The number of aromatic nitrogens is 3. The van der Waals surface area contributed by atoms with Gasteiger partial charge in [-0.1, -0.05) is 0 Å². The van der Waals surface area contributed by atoms with Gasteiger partial charge in [0.15, 0.2) is 5.13 Å². The van der Waals surface area contributed by atoms with Gasteiger partial charge in [0.2, 0.25) is 0 Å². The Morgan fingerprint density at radius 2 is 2.28 bits per heavy atom. The summed E-state index contributed by atoms with van der Waals surface area (Å²) in [6.45, 7) is 3.66. The molecule has 2 heterocycles. The summed E-state index contributed by atoms with van der Waals surface area (Å²) in [7, 11) is 0. The highest BCUT2D eigenvalue weighted by Crippen LogP contribution is 2.40. The highest BCUT2D eigenvalue weighted by atomic mass is 32.1. The Labute approximate surface area is 109 Å². The molecule has 1 aliphatic rings. The molecule has 1 saturated carbocycles. The lowest BCUT2D eigenvalue weighted by Crippen LogP contribution is -2.13. The highest BCUT2D eigenvalue weighted by Gasteiger charge is 2.26. The lowest BCUT2D eigenvalue weighted by atomic mass is 10.2. The lowest BCUT2D eigenvalue weighted by molar-refractivity contribution is 0.102. The summed E-state index contributed by atoms with van der Waals surface area (Å²) in [4.78, 5) is 16.5. The van der Waals surface area contributed by atoms with Crippen molar-refractivity contribution in [3.8, 4) is 0 Å². The van der Waals surface area contributed by atoms with Crippen molar-refractivity contribution in [1.29, 1.82) is 0 Å². The number of amides is 1. The zero-order chi connectivity index (χ0) is 12.7. The highest BCUT2D eigenvalue weighted by molar-refractivity contribution is 7.14. The number of H-pyrrole nitrogens is 1. The zero-order valence-corrected chi connectivity index (χ0v) is 11.1. The van der Waals surface area contributed by atoms with Crippen LogP contribution in [-0.4, -0.2) is 21.1 Å². The number of carbonyl (C=O) groups excluding carboxylic acids is 1. The van der Waals surface area contributed by atoms with E-state index < -0.39 is 0 Å². The minimum Gasteiger partial charge on any atom is -0.298 e. The Morgan fingerprint density at radius 3 is 2.89 bits per heavy atom. The molecule has 0 radical (unpaired) electrons. The van der Waals surface area contributed by atoms with Crippen LogP contribution in [0.5, 0.6) is 0 Å². The fraction of sp³-hybridized carbons (Fsp3) is 0.417. The summed E-state index contributed by atoms with van der Waals surface area (Å²) < 4.78 is 0. The van der Waals surface area contributed by atoms with Crippen LogP contribution >= 0.6 is 11.3 Å². The summed E-state index contributed by atoms with van der Waals surface area (Å²) in [5.41, 5.74) is 3.21. The number of hydrogen-bond acceptors (Lipinski definition) is 4. The number of thiazole rings is 1. The number of anilines is 1. The normalized spacial score (nSPS) is 14.8. The maximum Gasteiger partial charge on any atom is 0.261 e. The molecule has 18 heavy (non-hydrogen) atoms. The maximum atomic E-state index is 12.1. The van der Waals surface area contributed by atoms with Crippen molar-refractivity contribution in [2.24, 2.45) is 0 Å². The van der Waals surface area contributed by atoms with E-state index in [0.717, 1.165) is 11.4 Å². The molecule has 0 aromatic carbocycles.